The van der Waals surface area contributed by atoms with Crippen LogP contribution in [-0.4, -0.2) is 0 Å². The quantitative estimate of drug-likeness (QED) is 0.167. The van der Waals surface area contributed by atoms with Crippen LogP contribution in [0.4, 0.5) is 0 Å². The van der Waals surface area contributed by atoms with Crippen LogP contribution in [0.5, 0.6) is 0 Å². The molecule has 0 saturated carbocycles. The van der Waals surface area contributed by atoms with Gasteiger partial charge in [-0.3, -0.25) is 0 Å². The minimum Gasteiger partial charge on any atom is -0.0616 e. The second-order valence-corrected chi connectivity index (χ2v) is 9.62. The van der Waals surface area contributed by atoms with Crippen molar-refractivity contribution < 1.29 is 0 Å². The van der Waals surface area contributed by atoms with Gasteiger partial charge in [0.15, 0.2) is 0 Å². The molecule has 0 saturated heterocycles. The van der Waals surface area contributed by atoms with Crippen LogP contribution in [-0.2, 0) is 0 Å². The summed E-state index contributed by atoms with van der Waals surface area (Å²) in [5.74, 6) is 0. The maximum atomic E-state index is 2.37. The van der Waals surface area contributed by atoms with E-state index in [1.165, 1.54) is 86.2 Å². The van der Waals surface area contributed by atoms with Gasteiger partial charge < -0.3 is 0 Å². The van der Waals surface area contributed by atoms with Crippen LogP contribution in [0.15, 0.2) is 109 Å². The molecule has 0 spiro atoms. The Morgan fingerprint density at radius 1 is 0.206 bits per heavy atom. The number of hydrogen-bond donors (Lipinski definition) is 0. The molecule has 0 heteroatoms. The van der Waals surface area contributed by atoms with Crippen LogP contribution in [0.3, 0.4) is 0 Å². The molecule has 34 heavy (non-hydrogen) atoms. The monoisotopic (exact) mass is 426 g/mol. The molecular formula is C34H18. The van der Waals surface area contributed by atoms with Crippen LogP contribution >= 0.6 is 0 Å². The molecule has 0 unspecified atom stereocenters. The summed E-state index contributed by atoms with van der Waals surface area (Å²) in [6, 6.07) is 40.9. The molecule has 154 valence electrons. The highest BCUT2D eigenvalue weighted by Crippen LogP contribution is 2.50. The maximum absolute atomic E-state index is 2.37. The van der Waals surface area contributed by atoms with E-state index < -0.39 is 0 Å². The molecule has 9 aromatic rings. The summed E-state index contributed by atoms with van der Waals surface area (Å²) in [6.07, 6.45) is 0. The summed E-state index contributed by atoms with van der Waals surface area (Å²) in [6.45, 7) is 0. The largest absolute Gasteiger partial charge is 0.0616 e. The summed E-state index contributed by atoms with van der Waals surface area (Å²) in [5.41, 5.74) is 0. The van der Waals surface area contributed by atoms with Crippen molar-refractivity contribution in [1.82, 2.24) is 0 Å². The van der Waals surface area contributed by atoms with E-state index in [4.69, 9.17) is 0 Å². The Bertz CT molecular complexity index is 2090. The molecule has 9 aromatic carbocycles. The normalized spacial score (nSPS) is 12.7. The van der Waals surface area contributed by atoms with E-state index in [2.05, 4.69) is 109 Å². The molecule has 0 aliphatic heterocycles. The van der Waals surface area contributed by atoms with Crippen LogP contribution in [0, 0.1) is 0 Å². The first-order valence-electron chi connectivity index (χ1n) is 12.0. The second kappa shape index (κ2) is 5.73. The molecule has 0 nitrogen and oxygen atoms in total. The lowest BCUT2D eigenvalue weighted by Crippen LogP contribution is -1.93. The van der Waals surface area contributed by atoms with Crippen molar-refractivity contribution in [3.05, 3.63) is 109 Å². The van der Waals surface area contributed by atoms with E-state index in [0.717, 1.165) is 0 Å². The minimum atomic E-state index is 1.31. The van der Waals surface area contributed by atoms with E-state index in [9.17, 15) is 0 Å². The Morgan fingerprint density at radius 2 is 0.529 bits per heavy atom. The average Bonchev–Trinajstić information content (AvgIpc) is 2.90. The van der Waals surface area contributed by atoms with Gasteiger partial charge in [-0.1, -0.05) is 109 Å². The summed E-state index contributed by atoms with van der Waals surface area (Å²) < 4.78 is 0. The van der Waals surface area contributed by atoms with E-state index in [0.29, 0.717) is 0 Å². The number of hydrogen-bond acceptors (Lipinski definition) is 0. The third-order valence-corrected chi connectivity index (χ3v) is 8.10. The molecule has 9 rings (SSSR count). The van der Waals surface area contributed by atoms with Crippen molar-refractivity contribution in [3.8, 4) is 0 Å². The van der Waals surface area contributed by atoms with Crippen molar-refractivity contribution >= 4 is 86.2 Å². The Morgan fingerprint density at radius 3 is 0.971 bits per heavy atom. The second-order valence-electron chi connectivity index (χ2n) is 9.62. The molecule has 0 aliphatic rings. The first-order valence-corrected chi connectivity index (χ1v) is 12.0. The number of benzene rings is 9. The smallest absolute Gasteiger partial charge is 0.000740 e. The Kier molecular flexibility index (Phi) is 2.88. The molecule has 0 atom stereocenters. The predicted molar refractivity (Wildman–Crippen MR) is 149 cm³/mol. The van der Waals surface area contributed by atoms with E-state index in [1.54, 1.807) is 0 Å². The summed E-state index contributed by atoms with van der Waals surface area (Å²) >= 11 is 0. The summed E-state index contributed by atoms with van der Waals surface area (Å²) in [4.78, 5) is 0. The Balaban J connectivity index is 1.79. The van der Waals surface area contributed by atoms with Gasteiger partial charge in [-0.15, -0.1) is 0 Å². The molecular weight excluding hydrogens is 408 g/mol. The van der Waals surface area contributed by atoms with Crippen LogP contribution < -0.4 is 0 Å². The average molecular weight is 427 g/mol. The zero-order valence-electron chi connectivity index (χ0n) is 18.4. The van der Waals surface area contributed by atoms with E-state index >= 15 is 0 Å². The van der Waals surface area contributed by atoms with Crippen molar-refractivity contribution in [2.75, 3.05) is 0 Å². The van der Waals surface area contributed by atoms with E-state index in [-0.39, 0.29) is 0 Å². The van der Waals surface area contributed by atoms with Gasteiger partial charge in [-0.25, -0.2) is 0 Å². The van der Waals surface area contributed by atoms with Crippen LogP contribution in [0.25, 0.3) is 86.2 Å². The molecule has 0 N–H and O–H groups in total. The van der Waals surface area contributed by atoms with Gasteiger partial charge >= 0.3 is 0 Å². The Labute approximate surface area is 195 Å². The fourth-order valence-corrected chi connectivity index (χ4v) is 6.87. The summed E-state index contributed by atoms with van der Waals surface area (Å²) in [5, 5.41) is 21.8. The zero-order valence-corrected chi connectivity index (χ0v) is 18.4. The molecule has 0 fully saturated rings. The van der Waals surface area contributed by atoms with Gasteiger partial charge in [0.1, 0.15) is 0 Å². The van der Waals surface area contributed by atoms with Crippen molar-refractivity contribution in [1.29, 1.82) is 0 Å². The van der Waals surface area contributed by atoms with Gasteiger partial charge in [-0.05, 0) is 86.2 Å². The van der Waals surface area contributed by atoms with Gasteiger partial charge in [-0.2, -0.15) is 0 Å². The van der Waals surface area contributed by atoms with Crippen LogP contribution in [0.1, 0.15) is 0 Å². The minimum absolute atomic E-state index is 1.31. The van der Waals surface area contributed by atoms with Crippen LogP contribution in [0.2, 0.25) is 0 Å². The van der Waals surface area contributed by atoms with Gasteiger partial charge in [0, 0.05) is 0 Å². The summed E-state index contributed by atoms with van der Waals surface area (Å²) in [7, 11) is 0. The van der Waals surface area contributed by atoms with Gasteiger partial charge in [0.05, 0.1) is 0 Å². The third kappa shape index (κ3) is 1.82. The van der Waals surface area contributed by atoms with Crippen molar-refractivity contribution in [3.63, 3.8) is 0 Å². The number of fused-ring (bicyclic) bond motifs is 7. The fourth-order valence-electron chi connectivity index (χ4n) is 6.87. The standard InChI is InChI=1S/C34H18/c1-2-12-24-23(11-1)31-27-15-5-9-19-7-3-13-21(29(19)27)25-17-18-26-22-14-4-8-20-10-6-16-28(30(20)22)32(24)34(26)33(25)31/h1-18H. The van der Waals surface area contributed by atoms with Gasteiger partial charge in [0.2, 0.25) is 0 Å². The molecule has 0 aliphatic carbocycles. The Hall–Kier alpha value is -4.42. The lowest BCUT2D eigenvalue weighted by Gasteiger charge is -2.21. The molecule has 0 radical (unpaired) electrons. The van der Waals surface area contributed by atoms with Gasteiger partial charge in [0.25, 0.3) is 0 Å². The zero-order chi connectivity index (χ0) is 22.0. The highest BCUT2D eigenvalue weighted by atomic mass is 14.2. The fraction of sp³-hybridized carbons (Fsp3) is 0. The van der Waals surface area contributed by atoms with Crippen molar-refractivity contribution in [2.45, 2.75) is 0 Å². The molecule has 0 heterocycles. The molecule has 0 amide bonds. The first-order chi connectivity index (χ1) is 16.9. The molecule has 0 bridgehead atoms. The lowest BCUT2D eigenvalue weighted by atomic mass is 9.81. The highest BCUT2D eigenvalue weighted by molar-refractivity contribution is 6.48. The predicted octanol–water partition coefficient (Wildman–Crippen LogP) is 9.79. The first kappa shape index (κ1) is 17.1. The SMILES string of the molecule is c1cc2cccc3c2c(c1)c1ccc2c4cccc5cccc(c54)c4c5ccccc5c3c1c24. The lowest BCUT2D eigenvalue weighted by molar-refractivity contribution is 1.79. The molecule has 0 aromatic heterocycles. The number of rotatable bonds is 0. The highest BCUT2D eigenvalue weighted by Gasteiger charge is 2.21. The van der Waals surface area contributed by atoms with E-state index in [1.807, 2.05) is 0 Å². The third-order valence-electron chi connectivity index (χ3n) is 8.10. The maximum Gasteiger partial charge on any atom is -0.000740 e. The van der Waals surface area contributed by atoms with Crippen molar-refractivity contribution in [2.24, 2.45) is 0 Å². The topological polar surface area (TPSA) is 0 Å².